The molecule has 0 bridgehead atoms. The maximum atomic E-state index is 12.5. The molecule has 2 aromatic heterocycles. The van der Waals surface area contributed by atoms with E-state index in [1.807, 2.05) is 0 Å². The predicted octanol–water partition coefficient (Wildman–Crippen LogP) is 3.35. The number of rotatable bonds is 6. The van der Waals surface area contributed by atoms with Crippen molar-refractivity contribution >= 4 is 33.2 Å². The second kappa shape index (κ2) is 6.98. The third-order valence-corrected chi connectivity index (χ3v) is 5.51. The highest BCUT2D eigenvalue weighted by molar-refractivity contribution is 7.89. The normalized spacial score (nSPS) is 13.1. The van der Waals surface area contributed by atoms with Crippen molar-refractivity contribution in [2.24, 2.45) is 0 Å². The lowest BCUT2D eigenvalue weighted by Crippen LogP contribution is -2.31. The molecule has 0 saturated heterocycles. The van der Waals surface area contributed by atoms with Crippen LogP contribution in [0, 0.1) is 0 Å². The Hall–Kier alpha value is -1.80. The first-order valence-electron chi connectivity index (χ1n) is 6.94. The summed E-state index contributed by atoms with van der Waals surface area (Å²) in [4.78, 5) is -0.0738. The van der Waals surface area contributed by atoms with Crippen LogP contribution >= 0.6 is 23.2 Å². The van der Waals surface area contributed by atoms with Gasteiger partial charge >= 0.3 is 0 Å². The molecule has 1 aromatic carbocycles. The molecule has 1 atom stereocenters. The van der Waals surface area contributed by atoms with Gasteiger partial charge in [-0.15, -0.1) is 0 Å². The number of hydrogen-bond donors (Lipinski definition) is 1. The molecule has 3 aromatic rings. The van der Waals surface area contributed by atoms with Gasteiger partial charge in [0.05, 0.1) is 11.3 Å². The molecule has 3 rings (SSSR count). The Balaban J connectivity index is 1.85. The number of furan rings is 1. The van der Waals surface area contributed by atoms with E-state index < -0.39 is 16.1 Å². The highest BCUT2D eigenvalue weighted by Crippen LogP contribution is 2.25. The molecule has 0 radical (unpaired) electrons. The molecule has 126 valence electrons. The zero-order valence-electron chi connectivity index (χ0n) is 12.3. The van der Waals surface area contributed by atoms with Crippen LogP contribution in [0.5, 0.6) is 0 Å². The highest BCUT2D eigenvalue weighted by atomic mass is 35.5. The van der Waals surface area contributed by atoms with Crippen LogP contribution in [0.25, 0.3) is 0 Å². The van der Waals surface area contributed by atoms with Crippen LogP contribution in [-0.4, -0.2) is 24.7 Å². The number of nitrogens with one attached hydrogen (secondary N) is 1. The van der Waals surface area contributed by atoms with Crippen molar-refractivity contribution in [1.29, 1.82) is 0 Å². The molecule has 0 aliphatic heterocycles. The van der Waals surface area contributed by atoms with E-state index in [9.17, 15) is 8.42 Å². The van der Waals surface area contributed by atoms with Crippen molar-refractivity contribution < 1.29 is 12.8 Å². The minimum Gasteiger partial charge on any atom is -0.467 e. The monoisotopic (exact) mass is 385 g/mol. The molecule has 1 unspecified atom stereocenters. The van der Waals surface area contributed by atoms with E-state index >= 15 is 0 Å². The van der Waals surface area contributed by atoms with Crippen molar-refractivity contribution in [2.45, 2.75) is 10.9 Å². The van der Waals surface area contributed by atoms with E-state index in [-0.39, 0.29) is 21.5 Å². The number of sulfonamides is 1. The zero-order chi connectivity index (χ0) is 17.2. The molecule has 0 aliphatic rings. The fourth-order valence-corrected chi connectivity index (χ4v) is 4.02. The molecule has 0 saturated carbocycles. The summed E-state index contributed by atoms with van der Waals surface area (Å²) in [6, 6.07) is 9.08. The lowest BCUT2D eigenvalue weighted by Gasteiger charge is -2.16. The van der Waals surface area contributed by atoms with Crippen LogP contribution < -0.4 is 4.72 Å². The fourth-order valence-electron chi connectivity index (χ4n) is 2.22. The lowest BCUT2D eigenvalue weighted by molar-refractivity contribution is 0.402. The van der Waals surface area contributed by atoms with Gasteiger partial charge in [0.15, 0.2) is 0 Å². The Bertz CT molecular complexity index is 875. The lowest BCUT2D eigenvalue weighted by atomic mass is 10.2. The minimum absolute atomic E-state index is 0.0420. The molecule has 24 heavy (non-hydrogen) atoms. The molecule has 6 nitrogen and oxygen atoms in total. The van der Waals surface area contributed by atoms with Crippen LogP contribution in [0.1, 0.15) is 11.8 Å². The number of benzene rings is 1. The molecule has 0 spiro atoms. The number of nitrogens with zero attached hydrogens (tertiary/aromatic N) is 2. The van der Waals surface area contributed by atoms with Gasteiger partial charge in [-0.25, -0.2) is 13.1 Å². The van der Waals surface area contributed by atoms with Crippen molar-refractivity contribution in [2.75, 3.05) is 6.54 Å². The van der Waals surface area contributed by atoms with Gasteiger partial charge in [0, 0.05) is 24.0 Å². The standard InChI is InChI=1S/C15H13Cl2N3O3S/c16-11-4-5-12(17)15(9-11)24(21,22)19-10-13(14-3-1-8-23-14)20-7-2-6-18-20/h1-9,13,19H,10H2. The van der Waals surface area contributed by atoms with Gasteiger partial charge in [-0.05, 0) is 36.4 Å². The van der Waals surface area contributed by atoms with E-state index in [0.717, 1.165) is 0 Å². The summed E-state index contributed by atoms with van der Waals surface area (Å²) in [5, 5.41) is 4.54. The highest BCUT2D eigenvalue weighted by Gasteiger charge is 2.23. The first-order valence-corrected chi connectivity index (χ1v) is 9.18. The smallest absolute Gasteiger partial charge is 0.242 e. The van der Waals surface area contributed by atoms with E-state index in [1.54, 1.807) is 35.3 Å². The van der Waals surface area contributed by atoms with Gasteiger partial charge in [-0.2, -0.15) is 5.10 Å². The van der Waals surface area contributed by atoms with Gasteiger partial charge in [-0.3, -0.25) is 4.68 Å². The Morgan fingerprint density at radius 1 is 1.25 bits per heavy atom. The van der Waals surface area contributed by atoms with E-state index in [2.05, 4.69) is 9.82 Å². The zero-order valence-corrected chi connectivity index (χ0v) is 14.6. The van der Waals surface area contributed by atoms with E-state index in [0.29, 0.717) is 5.76 Å². The quantitative estimate of drug-likeness (QED) is 0.705. The number of hydrogen-bond acceptors (Lipinski definition) is 4. The maximum Gasteiger partial charge on any atom is 0.242 e. The first-order chi connectivity index (χ1) is 11.5. The molecule has 0 fully saturated rings. The molecule has 1 N–H and O–H groups in total. The van der Waals surface area contributed by atoms with Crippen LogP contribution in [0.4, 0.5) is 0 Å². The second-order valence-corrected chi connectivity index (χ2v) is 7.52. The predicted molar refractivity (Wildman–Crippen MR) is 90.7 cm³/mol. The topological polar surface area (TPSA) is 77.1 Å². The van der Waals surface area contributed by atoms with Crippen molar-refractivity contribution in [1.82, 2.24) is 14.5 Å². The summed E-state index contributed by atoms with van der Waals surface area (Å²) in [7, 11) is -3.84. The fraction of sp³-hybridized carbons (Fsp3) is 0.133. The Morgan fingerprint density at radius 2 is 2.08 bits per heavy atom. The average molecular weight is 386 g/mol. The molecule has 9 heteroatoms. The SMILES string of the molecule is O=S(=O)(NCC(c1ccco1)n1cccn1)c1cc(Cl)ccc1Cl. The molecular formula is C15H13Cl2N3O3S. The van der Waals surface area contributed by atoms with E-state index in [1.165, 1.54) is 24.5 Å². The van der Waals surface area contributed by atoms with Gasteiger partial charge < -0.3 is 4.42 Å². The molecule has 0 aliphatic carbocycles. The minimum atomic E-state index is -3.84. The summed E-state index contributed by atoms with van der Waals surface area (Å²) in [6.45, 7) is 0.0420. The van der Waals surface area contributed by atoms with Crippen LogP contribution in [0.3, 0.4) is 0 Å². The van der Waals surface area contributed by atoms with Gasteiger partial charge in [0.2, 0.25) is 10.0 Å². The largest absolute Gasteiger partial charge is 0.467 e. The van der Waals surface area contributed by atoms with Crippen LogP contribution in [0.2, 0.25) is 10.0 Å². The third kappa shape index (κ3) is 3.64. The van der Waals surface area contributed by atoms with Crippen molar-refractivity contribution in [3.8, 4) is 0 Å². The Morgan fingerprint density at radius 3 is 2.75 bits per heavy atom. The van der Waals surface area contributed by atoms with Gasteiger partial charge in [-0.1, -0.05) is 23.2 Å². The number of aromatic nitrogens is 2. The van der Waals surface area contributed by atoms with Crippen LogP contribution in [-0.2, 0) is 10.0 Å². The van der Waals surface area contributed by atoms with Crippen molar-refractivity contribution in [3.05, 3.63) is 70.9 Å². The average Bonchev–Trinajstić information content (AvgIpc) is 3.23. The summed E-state index contributed by atoms with van der Waals surface area (Å²) in [6.07, 6.45) is 4.86. The van der Waals surface area contributed by atoms with Gasteiger partial charge in [0.25, 0.3) is 0 Å². The van der Waals surface area contributed by atoms with Gasteiger partial charge in [0.1, 0.15) is 16.7 Å². The summed E-state index contributed by atoms with van der Waals surface area (Å²) >= 11 is 11.8. The van der Waals surface area contributed by atoms with Crippen molar-refractivity contribution in [3.63, 3.8) is 0 Å². The maximum absolute atomic E-state index is 12.5. The summed E-state index contributed by atoms with van der Waals surface area (Å²) in [5.74, 6) is 0.582. The first kappa shape index (κ1) is 17.0. The molecular weight excluding hydrogens is 373 g/mol. The Kier molecular flexibility index (Phi) is 4.96. The van der Waals surface area contributed by atoms with E-state index in [4.69, 9.17) is 27.6 Å². The summed E-state index contributed by atoms with van der Waals surface area (Å²) in [5.41, 5.74) is 0. The number of halogens is 2. The second-order valence-electron chi connectivity index (χ2n) is 4.94. The molecule has 2 heterocycles. The summed E-state index contributed by atoms with van der Waals surface area (Å²) < 4.78 is 34.6. The molecule has 0 amide bonds. The Labute approximate surface area is 149 Å². The van der Waals surface area contributed by atoms with Crippen LogP contribution in [0.15, 0.2) is 64.4 Å². The third-order valence-electron chi connectivity index (χ3n) is 3.37.